The molecule has 0 aliphatic rings. The summed E-state index contributed by atoms with van der Waals surface area (Å²) in [7, 11) is 0. The highest BCUT2D eigenvalue weighted by molar-refractivity contribution is 6.09. The SMILES string of the molecule is c1cc(-c2ccco2)cc(-n2c3ccccc3c3ccccc32)c1. The highest BCUT2D eigenvalue weighted by Gasteiger charge is 2.12. The third kappa shape index (κ3) is 1.90. The first kappa shape index (κ1) is 13.2. The van der Waals surface area contributed by atoms with Gasteiger partial charge in [-0.2, -0.15) is 0 Å². The summed E-state index contributed by atoms with van der Waals surface area (Å²) in [5, 5.41) is 2.55. The number of benzene rings is 3. The highest BCUT2D eigenvalue weighted by atomic mass is 16.3. The summed E-state index contributed by atoms with van der Waals surface area (Å²) in [6, 6.07) is 29.5. The molecule has 2 nitrogen and oxygen atoms in total. The van der Waals surface area contributed by atoms with E-state index in [-0.39, 0.29) is 0 Å². The maximum atomic E-state index is 5.56. The van der Waals surface area contributed by atoms with Crippen molar-refractivity contribution in [2.45, 2.75) is 0 Å². The fourth-order valence-corrected chi connectivity index (χ4v) is 3.44. The Kier molecular flexibility index (Phi) is 2.83. The summed E-state index contributed by atoms with van der Waals surface area (Å²) in [5.41, 5.74) is 4.66. The van der Waals surface area contributed by atoms with Gasteiger partial charge in [0.05, 0.1) is 17.3 Å². The molecule has 5 rings (SSSR count). The normalized spacial score (nSPS) is 11.3. The molecule has 2 heterocycles. The molecule has 0 saturated carbocycles. The van der Waals surface area contributed by atoms with Crippen molar-refractivity contribution in [2.75, 3.05) is 0 Å². The summed E-state index contributed by atoms with van der Waals surface area (Å²) in [4.78, 5) is 0. The van der Waals surface area contributed by atoms with E-state index < -0.39 is 0 Å². The van der Waals surface area contributed by atoms with Crippen molar-refractivity contribution in [1.82, 2.24) is 4.57 Å². The van der Waals surface area contributed by atoms with Gasteiger partial charge in [0.2, 0.25) is 0 Å². The van der Waals surface area contributed by atoms with Gasteiger partial charge in [0.15, 0.2) is 0 Å². The summed E-state index contributed by atoms with van der Waals surface area (Å²) in [6.45, 7) is 0. The van der Waals surface area contributed by atoms with Crippen LogP contribution in [-0.4, -0.2) is 4.57 Å². The van der Waals surface area contributed by atoms with Gasteiger partial charge >= 0.3 is 0 Å². The van der Waals surface area contributed by atoms with Crippen molar-refractivity contribution in [2.24, 2.45) is 0 Å². The lowest BCUT2D eigenvalue weighted by atomic mass is 10.1. The van der Waals surface area contributed by atoms with Crippen LogP contribution in [0.4, 0.5) is 0 Å². The largest absolute Gasteiger partial charge is 0.464 e. The first-order valence-corrected chi connectivity index (χ1v) is 8.04. The molecule has 0 saturated heterocycles. The molecule has 0 N–H and O–H groups in total. The minimum atomic E-state index is 0.887. The van der Waals surface area contributed by atoms with Crippen LogP contribution in [0, 0.1) is 0 Å². The van der Waals surface area contributed by atoms with Crippen molar-refractivity contribution in [1.29, 1.82) is 0 Å². The second-order valence-electron chi connectivity index (χ2n) is 5.90. The number of furan rings is 1. The zero-order valence-electron chi connectivity index (χ0n) is 13.0. The third-order valence-corrected chi connectivity index (χ3v) is 4.49. The molecule has 0 amide bonds. The molecule has 2 heteroatoms. The van der Waals surface area contributed by atoms with E-state index in [0.29, 0.717) is 0 Å². The molecular formula is C22H15NO. The molecule has 0 aliphatic heterocycles. The first-order chi connectivity index (χ1) is 11.9. The maximum absolute atomic E-state index is 5.56. The van der Waals surface area contributed by atoms with Gasteiger partial charge < -0.3 is 8.98 Å². The summed E-state index contributed by atoms with van der Waals surface area (Å²) in [6.07, 6.45) is 1.71. The van der Waals surface area contributed by atoms with Crippen molar-refractivity contribution in [3.8, 4) is 17.0 Å². The molecule has 0 radical (unpaired) electrons. The van der Waals surface area contributed by atoms with E-state index in [1.807, 2.05) is 12.1 Å². The fourth-order valence-electron chi connectivity index (χ4n) is 3.44. The molecule has 0 atom stereocenters. The van der Waals surface area contributed by atoms with Gasteiger partial charge in [0.25, 0.3) is 0 Å². The van der Waals surface area contributed by atoms with Crippen LogP contribution in [0.5, 0.6) is 0 Å². The minimum Gasteiger partial charge on any atom is -0.464 e. The number of hydrogen-bond donors (Lipinski definition) is 0. The molecule has 3 aromatic carbocycles. The third-order valence-electron chi connectivity index (χ3n) is 4.49. The average molecular weight is 309 g/mol. The van der Waals surface area contributed by atoms with Crippen molar-refractivity contribution < 1.29 is 4.42 Å². The molecule has 2 aromatic heterocycles. The van der Waals surface area contributed by atoms with Crippen LogP contribution in [0.1, 0.15) is 0 Å². The molecule has 0 bridgehead atoms. The molecule has 0 unspecified atom stereocenters. The maximum Gasteiger partial charge on any atom is 0.133 e. The Labute approximate surface area is 139 Å². The number of hydrogen-bond acceptors (Lipinski definition) is 1. The van der Waals surface area contributed by atoms with Gasteiger partial charge in [-0.05, 0) is 36.4 Å². The number of para-hydroxylation sites is 2. The van der Waals surface area contributed by atoms with Gasteiger partial charge in [-0.1, -0.05) is 48.5 Å². The van der Waals surface area contributed by atoms with E-state index in [9.17, 15) is 0 Å². The number of aromatic nitrogens is 1. The van der Waals surface area contributed by atoms with Crippen molar-refractivity contribution in [3.05, 3.63) is 91.2 Å². The Bertz CT molecular complexity index is 1100. The zero-order valence-corrected chi connectivity index (χ0v) is 13.0. The van der Waals surface area contributed by atoms with Crippen molar-refractivity contribution >= 4 is 21.8 Å². The average Bonchev–Trinajstić information content (AvgIpc) is 3.28. The molecule has 0 fully saturated rings. The van der Waals surface area contributed by atoms with Crippen molar-refractivity contribution in [3.63, 3.8) is 0 Å². The standard InChI is InChI=1S/C22H15NO/c1-3-11-20-18(9-1)19-10-2-4-12-21(19)23(20)17-8-5-7-16(15-17)22-13-6-14-24-22/h1-15H. The van der Waals surface area contributed by atoms with E-state index in [1.165, 1.54) is 21.8 Å². The summed E-state index contributed by atoms with van der Waals surface area (Å²) >= 11 is 0. The Morgan fingerprint density at radius 3 is 2.00 bits per heavy atom. The smallest absolute Gasteiger partial charge is 0.133 e. The van der Waals surface area contributed by atoms with E-state index in [0.717, 1.165) is 17.0 Å². The molecule has 24 heavy (non-hydrogen) atoms. The lowest BCUT2D eigenvalue weighted by Gasteiger charge is -2.09. The Morgan fingerprint density at radius 1 is 0.625 bits per heavy atom. The van der Waals surface area contributed by atoms with Crippen LogP contribution < -0.4 is 0 Å². The Hall–Kier alpha value is -3.26. The van der Waals surface area contributed by atoms with Crippen LogP contribution in [-0.2, 0) is 0 Å². The van der Waals surface area contributed by atoms with E-state index in [1.54, 1.807) is 6.26 Å². The zero-order chi connectivity index (χ0) is 15.9. The molecule has 114 valence electrons. The molecular weight excluding hydrogens is 294 g/mol. The predicted molar refractivity (Wildman–Crippen MR) is 98.5 cm³/mol. The van der Waals surface area contributed by atoms with E-state index in [4.69, 9.17) is 4.42 Å². The van der Waals surface area contributed by atoms with E-state index >= 15 is 0 Å². The monoisotopic (exact) mass is 309 g/mol. The highest BCUT2D eigenvalue weighted by Crippen LogP contribution is 2.33. The fraction of sp³-hybridized carbons (Fsp3) is 0. The molecule has 5 aromatic rings. The molecule has 0 aliphatic carbocycles. The van der Waals surface area contributed by atoms with Gasteiger partial charge in [0, 0.05) is 22.0 Å². The predicted octanol–water partition coefficient (Wildman–Crippen LogP) is 6.04. The topological polar surface area (TPSA) is 18.1 Å². The van der Waals surface area contributed by atoms with Gasteiger partial charge in [-0.25, -0.2) is 0 Å². The lowest BCUT2D eigenvalue weighted by Crippen LogP contribution is -1.93. The van der Waals surface area contributed by atoms with Crippen LogP contribution in [0.25, 0.3) is 38.8 Å². The van der Waals surface area contributed by atoms with Crippen LogP contribution in [0.3, 0.4) is 0 Å². The number of fused-ring (bicyclic) bond motifs is 3. The first-order valence-electron chi connectivity index (χ1n) is 8.04. The van der Waals surface area contributed by atoms with Gasteiger partial charge in [-0.3, -0.25) is 0 Å². The lowest BCUT2D eigenvalue weighted by molar-refractivity contribution is 0.582. The van der Waals surface area contributed by atoms with Gasteiger partial charge in [-0.15, -0.1) is 0 Å². The second kappa shape index (κ2) is 5.14. The number of rotatable bonds is 2. The molecule has 0 spiro atoms. The summed E-state index contributed by atoms with van der Waals surface area (Å²) in [5.74, 6) is 0.887. The second-order valence-corrected chi connectivity index (χ2v) is 5.90. The van der Waals surface area contributed by atoms with E-state index in [2.05, 4.69) is 77.4 Å². The summed E-state index contributed by atoms with van der Waals surface area (Å²) < 4.78 is 7.87. The van der Waals surface area contributed by atoms with Crippen LogP contribution in [0.2, 0.25) is 0 Å². The quantitative estimate of drug-likeness (QED) is 0.388. The Balaban J connectivity index is 1.84. The van der Waals surface area contributed by atoms with Crippen LogP contribution >= 0.6 is 0 Å². The van der Waals surface area contributed by atoms with Gasteiger partial charge in [0.1, 0.15) is 5.76 Å². The minimum absolute atomic E-state index is 0.887. The number of nitrogens with zero attached hydrogens (tertiary/aromatic N) is 1. The van der Waals surface area contributed by atoms with Crippen LogP contribution in [0.15, 0.2) is 95.6 Å². The Morgan fingerprint density at radius 2 is 1.33 bits per heavy atom.